The van der Waals surface area contributed by atoms with Gasteiger partial charge in [0.15, 0.2) is 0 Å². The van der Waals surface area contributed by atoms with Gasteiger partial charge in [-0.25, -0.2) is 0 Å². The van der Waals surface area contributed by atoms with Crippen LogP contribution in [0, 0.1) is 0 Å². The zero-order valence-corrected chi connectivity index (χ0v) is 30.2. The fraction of sp³-hybridized carbons (Fsp3) is 0.684. The van der Waals surface area contributed by atoms with Crippen molar-refractivity contribution in [2.45, 2.75) is 67.5 Å². The van der Waals surface area contributed by atoms with Gasteiger partial charge in [0, 0.05) is 0 Å². The van der Waals surface area contributed by atoms with Crippen molar-refractivity contribution in [2.24, 2.45) is 0 Å². The summed E-state index contributed by atoms with van der Waals surface area (Å²) in [6, 6.07) is 3.49. The largest absolute Gasteiger partial charge is 0.460 e. The lowest BCUT2D eigenvalue weighted by molar-refractivity contribution is -0.433. The highest BCUT2D eigenvalue weighted by Crippen LogP contribution is 2.61. The highest BCUT2D eigenvalue weighted by atomic mass is 79.9. The van der Waals surface area contributed by atoms with Gasteiger partial charge in [-0.05, 0) is 43.1 Å². The minimum atomic E-state index is -8.24. The van der Waals surface area contributed by atoms with Gasteiger partial charge >= 0.3 is 45.2 Å². The van der Waals surface area contributed by atoms with Crippen LogP contribution in [0.1, 0.15) is 31.7 Å². The predicted molar refractivity (Wildman–Crippen MR) is 158 cm³/mol. The van der Waals surface area contributed by atoms with Crippen LogP contribution in [0.4, 0.5) is 57.1 Å². The molecule has 0 radical (unpaired) electrons. The van der Waals surface area contributed by atoms with Gasteiger partial charge in [-0.1, -0.05) is 31.9 Å². The number of benzene rings is 1. The van der Waals surface area contributed by atoms with Gasteiger partial charge in [-0.15, -0.1) is 75.8 Å². The van der Waals surface area contributed by atoms with Gasteiger partial charge in [-0.3, -0.25) is 0 Å². The van der Waals surface area contributed by atoms with E-state index in [0.29, 0.717) is 23.9 Å². The minimum Gasteiger partial charge on any atom is -0.412 e. The van der Waals surface area contributed by atoms with Crippen LogP contribution >= 0.6 is 75.8 Å². The fourth-order valence-electron chi connectivity index (χ4n) is 2.76. The maximum atomic E-state index is 14.0. The first-order chi connectivity index (χ1) is 16.4. The van der Waals surface area contributed by atoms with E-state index in [-0.39, 0.29) is 79.6 Å². The zero-order chi connectivity index (χ0) is 29.3. The van der Waals surface area contributed by atoms with Crippen LogP contribution in [-0.4, -0.2) is 61.8 Å². The Labute approximate surface area is 281 Å². The summed E-state index contributed by atoms with van der Waals surface area (Å²) in [5, 5.41) is -7.40. The summed E-state index contributed by atoms with van der Waals surface area (Å²) < 4.78 is 198. The van der Waals surface area contributed by atoms with Crippen LogP contribution in [0.25, 0.3) is 0 Å². The normalized spacial score (nSPS) is 13.4. The molecule has 264 valence electrons. The molecular weight excluding hydrogens is 936 g/mol. The minimum absolute atomic E-state index is 0. The van der Waals surface area contributed by atoms with E-state index in [2.05, 4.69) is 4.18 Å². The Hall–Kier alpha value is 0.330. The lowest BCUT2D eigenvalue weighted by Gasteiger charge is -2.38. The van der Waals surface area contributed by atoms with E-state index in [0.717, 1.165) is 37.6 Å². The molecule has 0 bridgehead atoms. The quantitative estimate of drug-likeness (QED) is 0.0920. The Morgan fingerprint density at radius 3 is 1.47 bits per heavy atom. The summed E-state index contributed by atoms with van der Waals surface area (Å²) >= 11 is 0. The number of alkyl halides is 13. The summed E-state index contributed by atoms with van der Waals surface area (Å²) in [4.78, 5) is 0. The first-order valence-corrected chi connectivity index (χ1v) is 13.6. The van der Waals surface area contributed by atoms with Crippen molar-refractivity contribution in [3.8, 4) is 5.75 Å². The average Bonchev–Trinajstić information content (AvgIpc) is 2.73. The molecule has 0 heterocycles. The smallest absolute Gasteiger partial charge is 0.412 e. The second-order valence-corrected chi connectivity index (χ2v) is 12.0. The van der Waals surface area contributed by atoms with Gasteiger partial charge in [0.1, 0.15) is 5.75 Å². The van der Waals surface area contributed by atoms with E-state index in [9.17, 15) is 65.5 Å². The zero-order valence-electron chi connectivity index (χ0n) is 21.7. The second-order valence-electron chi connectivity index (χ2n) is 7.94. The maximum Gasteiger partial charge on any atom is 0.460 e. The summed E-state index contributed by atoms with van der Waals surface area (Å²) in [6.07, 6.45) is -3.45. The Bertz CT molecular complexity index is 1040. The van der Waals surface area contributed by atoms with Crippen LogP contribution < -0.4 is 10.3 Å². The van der Waals surface area contributed by atoms with Gasteiger partial charge in [-0.2, -0.15) is 65.5 Å². The van der Waals surface area contributed by atoms with Crippen molar-refractivity contribution in [1.82, 2.24) is 6.15 Å². The van der Waals surface area contributed by atoms with Crippen molar-refractivity contribution < 1.29 is 75.2 Å². The summed E-state index contributed by atoms with van der Waals surface area (Å²) in [7, 11) is -7.92. The van der Waals surface area contributed by atoms with Crippen molar-refractivity contribution in [2.75, 3.05) is 12.8 Å². The summed E-state index contributed by atoms with van der Waals surface area (Å²) in [5.74, 6) is -33.6. The molecule has 1 unspecified atom stereocenters. The third kappa shape index (κ3) is 11.2. The molecule has 5 nitrogen and oxygen atoms in total. The molecule has 43 heavy (non-hydrogen) atoms. The van der Waals surface area contributed by atoms with Crippen molar-refractivity contribution in [1.29, 1.82) is 0 Å². The molecule has 0 amide bonds. The van der Waals surface area contributed by atoms with E-state index in [1.807, 2.05) is 13.6 Å². The Balaban J connectivity index is -0.000000570. The monoisotopic (exact) mass is 961 g/mol. The summed E-state index contributed by atoms with van der Waals surface area (Å²) in [6.45, 7) is 3.90. The molecule has 0 aromatic heterocycles. The lowest BCUT2D eigenvalue weighted by atomic mass is 9.98. The van der Waals surface area contributed by atoms with Crippen LogP contribution in [0.3, 0.4) is 0 Å². The number of unbranched alkanes of at least 4 members (excludes halogenated alkanes) is 2. The van der Waals surface area contributed by atoms with Crippen molar-refractivity contribution in [3.05, 3.63) is 29.8 Å². The fourth-order valence-corrected chi connectivity index (χ4v) is 5.43. The standard InChI is InChI=1S/C19H20F13O3PS.4BrH.H3N.H2O/c1-3-4-5-10-36(2)11-12-6-8-13(9-7-12)35-37(33,34)19(31,32)17(26,27)15(22,23)14(20,21)16(24,25)18(28,29)30;;;;;;/h6-9H,3-5,10-11H2,1-2H3;4*1H;1H3;1H2. The number of rotatable bonds is 13. The molecule has 1 atom stereocenters. The third-order valence-corrected chi connectivity index (χ3v) is 8.22. The number of halogens is 17. The molecule has 0 aliphatic rings. The molecule has 0 aliphatic carbocycles. The van der Waals surface area contributed by atoms with Crippen LogP contribution in [0.15, 0.2) is 24.3 Å². The molecule has 0 fully saturated rings. The SMILES string of the molecule is Br.Br.Br.Br.CCCCCP(C)Cc1ccc(OS(=O)(=O)C(F)(F)C(F)(F)C(F)(F)C(F)(F)C(F)(F)C(F)(F)F)cc1.N.O. The van der Waals surface area contributed by atoms with Gasteiger partial charge < -0.3 is 15.8 Å². The van der Waals surface area contributed by atoms with E-state index in [1.165, 1.54) is 0 Å². The van der Waals surface area contributed by atoms with Crippen LogP contribution in [-0.2, 0) is 16.3 Å². The molecule has 0 spiro atoms. The lowest BCUT2D eigenvalue weighted by Crippen LogP contribution is -2.71. The van der Waals surface area contributed by atoms with E-state index >= 15 is 0 Å². The topological polar surface area (TPSA) is 110 Å². The van der Waals surface area contributed by atoms with Crippen molar-refractivity contribution >= 4 is 86.0 Å². The molecule has 24 heteroatoms. The first-order valence-electron chi connectivity index (χ1n) is 10.1. The van der Waals surface area contributed by atoms with E-state index in [4.69, 9.17) is 0 Å². The van der Waals surface area contributed by atoms with Gasteiger partial charge in [0.2, 0.25) is 0 Å². The van der Waals surface area contributed by atoms with E-state index in [1.54, 1.807) is 0 Å². The second kappa shape index (κ2) is 19.2. The number of hydrogen-bond donors (Lipinski definition) is 1. The van der Waals surface area contributed by atoms with Gasteiger partial charge in [0.05, 0.1) is 0 Å². The number of hydrogen-bond acceptors (Lipinski definition) is 4. The Morgan fingerprint density at radius 2 is 1.09 bits per heavy atom. The maximum absolute atomic E-state index is 14.0. The third-order valence-electron chi connectivity index (χ3n) is 4.94. The highest BCUT2D eigenvalue weighted by Gasteiger charge is 2.93. The van der Waals surface area contributed by atoms with Crippen LogP contribution in [0.5, 0.6) is 5.75 Å². The first kappa shape index (κ1) is 55.7. The molecular formula is C19H29Br4F13NO4PS. The predicted octanol–water partition coefficient (Wildman–Crippen LogP) is 9.54. The Morgan fingerprint density at radius 1 is 0.698 bits per heavy atom. The highest BCUT2D eigenvalue weighted by molar-refractivity contribution is 8.93. The molecule has 1 aromatic carbocycles. The molecule has 0 saturated carbocycles. The molecule has 1 rings (SSSR count). The average molecular weight is 965 g/mol. The molecule has 0 aliphatic heterocycles. The molecule has 0 saturated heterocycles. The molecule has 1 aromatic rings. The Kier molecular flexibility index (Phi) is 24.9. The van der Waals surface area contributed by atoms with Crippen molar-refractivity contribution in [3.63, 3.8) is 0 Å². The summed E-state index contributed by atoms with van der Waals surface area (Å²) in [5.41, 5.74) is 0.507. The molecule has 5 N–H and O–H groups in total. The van der Waals surface area contributed by atoms with Gasteiger partial charge in [0.25, 0.3) is 0 Å². The van der Waals surface area contributed by atoms with Crippen LogP contribution in [0.2, 0.25) is 0 Å². The van der Waals surface area contributed by atoms with E-state index < -0.39 is 58.9 Å².